The van der Waals surface area contributed by atoms with Crippen LogP contribution in [-0.2, 0) is 14.3 Å². The molecule has 0 aromatic heterocycles. The van der Waals surface area contributed by atoms with E-state index in [9.17, 15) is 9.59 Å². The molecule has 0 aromatic rings. The van der Waals surface area contributed by atoms with Crippen LogP contribution in [0.5, 0.6) is 0 Å². The standard InChI is InChI=1S/C12H18B2O4/c13-10(14)6-4-2-1-3-5-9-18-12(17)8-7-11(15)16/h7-8,10H,1-6,9H2,(H,15,16)/b8-7+. The monoisotopic (exact) mass is 248 g/mol. The van der Waals surface area contributed by atoms with Crippen LogP contribution in [0.25, 0.3) is 0 Å². The highest BCUT2D eigenvalue weighted by Crippen LogP contribution is 2.10. The van der Waals surface area contributed by atoms with E-state index >= 15 is 0 Å². The highest BCUT2D eigenvalue weighted by molar-refractivity contribution is 6.35. The molecular formula is C12H18B2O4. The third kappa shape index (κ3) is 12.9. The summed E-state index contributed by atoms with van der Waals surface area (Å²) in [4.78, 5) is 21.1. The number of carbonyl (C=O) groups excluding carboxylic acids is 1. The van der Waals surface area contributed by atoms with E-state index in [4.69, 9.17) is 25.5 Å². The molecule has 0 rings (SSSR count). The fourth-order valence-corrected chi connectivity index (χ4v) is 1.37. The number of hydrogen-bond donors (Lipinski definition) is 1. The molecule has 0 atom stereocenters. The molecule has 0 aliphatic rings. The maximum atomic E-state index is 11.0. The van der Waals surface area contributed by atoms with Crippen LogP contribution >= 0.6 is 0 Å². The second-order valence-electron chi connectivity index (χ2n) is 4.06. The predicted molar refractivity (Wildman–Crippen MR) is 70.7 cm³/mol. The lowest BCUT2D eigenvalue weighted by atomic mass is 9.68. The molecule has 0 bridgehead atoms. The van der Waals surface area contributed by atoms with Crippen molar-refractivity contribution in [2.24, 2.45) is 0 Å². The van der Waals surface area contributed by atoms with Crippen molar-refractivity contribution in [3.63, 3.8) is 0 Å². The summed E-state index contributed by atoms with van der Waals surface area (Å²) in [5.41, 5.74) is -0.230. The van der Waals surface area contributed by atoms with Gasteiger partial charge in [0.1, 0.15) is 0 Å². The summed E-state index contributed by atoms with van der Waals surface area (Å²) in [5, 5.41) is 8.28. The lowest BCUT2D eigenvalue weighted by Gasteiger charge is -2.04. The van der Waals surface area contributed by atoms with Gasteiger partial charge in [-0.15, -0.1) is 5.72 Å². The average molecular weight is 248 g/mol. The van der Waals surface area contributed by atoms with Crippen LogP contribution in [0.1, 0.15) is 38.5 Å². The van der Waals surface area contributed by atoms with Crippen LogP contribution in [0, 0.1) is 0 Å². The Hall–Kier alpha value is -1.19. The zero-order chi connectivity index (χ0) is 13.8. The Balaban J connectivity index is 3.30. The van der Waals surface area contributed by atoms with Crippen molar-refractivity contribution < 1.29 is 19.4 Å². The van der Waals surface area contributed by atoms with Gasteiger partial charge < -0.3 is 9.84 Å². The minimum Gasteiger partial charge on any atom is -0.478 e. The van der Waals surface area contributed by atoms with Gasteiger partial charge in [0.2, 0.25) is 0 Å². The predicted octanol–water partition coefficient (Wildman–Crippen LogP) is 1.59. The van der Waals surface area contributed by atoms with E-state index in [0.717, 1.165) is 50.7 Å². The smallest absolute Gasteiger partial charge is 0.331 e. The summed E-state index contributed by atoms with van der Waals surface area (Å²) in [5.74, 6) is -1.78. The molecule has 1 N–H and O–H groups in total. The average Bonchev–Trinajstić information content (AvgIpc) is 2.29. The van der Waals surface area contributed by atoms with Crippen molar-refractivity contribution in [3.8, 4) is 0 Å². The summed E-state index contributed by atoms with van der Waals surface area (Å²) >= 11 is 0. The molecular weight excluding hydrogens is 230 g/mol. The second kappa shape index (κ2) is 10.9. The summed E-state index contributed by atoms with van der Waals surface area (Å²) in [6.45, 7) is 0.319. The molecule has 0 heterocycles. The van der Waals surface area contributed by atoms with Gasteiger partial charge in [-0.1, -0.05) is 32.1 Å². The third-order valence-corrected chi connectivity index (χ3v) is 2.29. The first-order valence-electron chi connectivity index (χ1n) is 6.11. The molecule has 4 radical (unpaired) electrons. The van der Waals surface area contributed by atoms with Crippen LogP contribution in [0.4, 0.5) is 0 Å². The van der Waals surface area contributed by atoms with Crippen molar-refractivity contribution in [1.29, 1.82) is 0 Å². The minimum atomic E-state index is -1.16. The number of rotatable bonds is 10. The van der Waals surface area contributed by atoms with Crippen LogP contribution in [0.2, 0.25) is 5.72 Å². The summed E-state index contributed by atoms with van der Waals surface area (Å²) in [6.07, 6.45) is 7.38. The lowest BCUT2D eigenvalue weighted by molar-refractivity contribution is -0.138. The quantitative estimate of drug-likeness (QED) is 0.276. The molecule has 0 aliphatic heterocycles. The highest BCUT2D eigenvalue weighted by atomic mass is 16.5. The molecule has 0 saturated carbocycles. The second-order valence-corrected chi connectivity index (χ2v) is 4.06. The third-order valence-electron chi connectivity index (χ3n) is 2.29. The summed E-state index contributed by atoms with van der Waals surface area (Å²) in [6, 6.07) is 0. The van der Waals surface area contributed by atoms with Crippen molar-refractivity contribution >= 4 is 27.6 Å². The van der Waals surface area contributed by atoms with E-state index in [2.05, 4.69) is 0 Å². The van der Waals surface area contributed by atoms with Gasteiger partial charge in [-0.3, -0.25) is 0 Å². The van der Waals surface area contributed by atoms with E-state index in [0.29, 0.717) is 6.61 Å². The zero-order valence-corrected chi connectivity index (χ0v) is 10.5. The van der Waals surface area contributed by atoms with E-state index in [-0.39, 0.29) is 5.72 Å². The van der Waals surface area contributed by atoms with Gasteiger partial charge in [-0.2, -0.15) is 0 Å². The molecule has 0 amide bonds. The lowest BCUT2D eigenvalue weighted by Crippen LogP contribution is -2.03. The van der Waals surface area contributed by atoms with Crippen molar-refractivity contribution in [2.75, 3.05) is 6.61 Å². The number of unbranched alkanes of at least 4 members (excludes halogenated alkanes) is 4. The Morgan fingerprint density at radius 1 is 1.06 bits per heavy atom. The van der Waals surface area contributed by atoms with Gasteiger partial charge in [0.25, 0.3) is 0 Å². The van der Waals surface area contributed by atoms with Crippen LogP contribution in [0.15, 0.2) is 12.2 Å². The summed E-state index contributed by atoms with van der Waals surface area (Å²) in [7, 11) is 10.8. The Kier molecular flexibility index (Phi) is 10.2. The van der Waals surface area contributed by atoms with Gasteiger partial charge in [-0.05, 0) is 6.42 Å². The SMILES string of the molecule is [B]C([B])CCCCCCCOC(=O)/C=C/C(=O)O. The van der Waals surface area contributed by atoms with Gasteiger partial charge >= 0.3 is 11.9 Å². The van der Waals surface area contributed by atoms with E-state index in [1.165, 1.54) is 0 Å². The first-order chi connectivity index (χ1) is 8.52. The maximum absolute atomic E-state index is 11.0. The van der Waals surface area contributed by atoms with E-state index in [1.54, 1.807) is 0 Å². The largest absolute Gasteiger partial charge is 0.478 e. The first-order valence-corrected chi connectivity index (χ1v) is 6.11. The van der Waals surface area contributed by atoms with Crippen molar-refractivity contribution in [1.82, 2.24) is 0 Å². The molecule has 4 nitrogen and oxygen atoms in total. The van der Waals surface area contributed by atoms with Crippen LogP contribution in [-0.4, -0.2) is 39.3 Å². The molecule has 0 aliphatic carbocycles. The number of ether oxygens (including phenoxy) is 1. The number of hydrogen-bond acceptors (Lipinski definition) is 3. The molecule has 0 fully saturated rings. The van der Waals surface area contributed by atoms with Gasteiger partial charge in [0.15, 0.2) is 0 Å². The first kappa shape index (κ1) is 16.8. The fourth-order valence-electron chi connectivity index (χ4n) is 1.37. The Morgan fingerprint density at radius 2 is 1.67 bits per heavy atom. The van der Waals surface area contributed by atoms with E-state index < -0.39 is 11.9 Å². The Morgan fingerprint density at radius 3 is 2.28 bits per heavy atom. The number of carboxylic acids is 1. The minimum absolute atomic E-state index is 0.230. The maximum Gasteiger partial charge on any atom is 0.331 e. The summed E-state index contributed by atoms with van der Waals surface area (Å²) < 4.78 is 4.81. The van der Waals surface area contributed by atoms with E-state index in [1.807, 2.05) is 0 Å². The number of esters is 1. The van der Waals surface area contributed by atoms with Gasteiger partial charge in [-0.25, -0.2) is 9.59 Å². The Labute approximate surface area is 111 Å². The molecule has 0 aromatic carbocycles. The van der Waals surface area contributed by atoms with Crippen molar-refractivity contribution in [2.45, 2.75) is 44.2 Å². The van der Waals surface area contributed by atoms with Gasteiger partial charge in [0.05, 0.1) is 22.3 Å². The van der Waals surface area contributed by atoms with Crippen LogP contribution < -0.4 is 0 Å². The topological polar surface area (TPSA) is 63.6 Å². The molecule has 0 unspecified atom stereocenters. The molecule has 18 heavy (non-hydrogen) atoms. The molecule has 0 spiro atoms. The number of carbonyl (C=O) groups is 2. The zero-order valence-electron chi connectivity index (χ0n) is 10.5. The van der Waals surface area contributed by atoms with Crippen molar-refractivity contribution in [3.05, 3.63) is 12.2 Å². The number of aliphatic carboxylic acids is 1. The molecule has 6 heteroatoms. The highest BCUT2D eigenvalue weighted by Gasteiger charge is 1.98. The normalized spacial score (nSPS) is 10.9. The Bertz CT molecular complexity index is 277. The fraction of sp³-hybridized carbons (Fsp3) is 0.667. The van der Waals surface area contributed by atoms with Crippen LogP contribution in [0.3, 0.4) is 0 Å². The molecule has 0 saturated heterocycles. The number of carboxylic acid groups (broad SMARTS) is 1. The van der Waals surface area contributed by atoms with Gasteiger partial charge in [0, 0.05) is 12.2 Å². The molecule has 96 valence electrons.